The van der Waals surface area contributed by atoms with E-state index in [4.69, 9.17) is 11.5 Å². The Bertz CT molecular complexity index is 1200. The fraction of sp³-hybridized carbons (Fsp3) is 0.364. The van der Waals surface area contributed by atoms with Gasteiger partial charge in [-0.2, -0.15) is 0 Å². The number of hydrogen-bond acceptors (Lipinski definition) is 7. The second kappa shape index (κ2) is 13.6. The number of aryl methyl sites for hydroxylation is 1. The number of benzene rings is 1. The van der Waals surface area contributed by atoms with Gasteiger partial charge in [0.1, 0.15) is 12.2 Å². The summed E-state index contributed by atoms with van der Waals surface area (Å²) in [6.45, 7) is 1.47. The highest BCUT2D eigenvalue weighted by Crippen LogP contribution is 2.11. The average molecular weight is 528 g/mol. The maximum Gasteiger partial charge on any atom is 0.287 e. The minimum Gasteiger partial charge on any atom is -0.363 e. The first-order valence-corrected chi connectivity index (χ1v) is 12.3. The summed E-state index contributed by atoms with van der Waals surface area (Å²) < 4.78 is 28.4. The maximum atomic E-state index is 12.9. The molecule has 0 bridgehead atoms. The standard InChI is InChI=1S/C22H29N5O6S.ClH/c1-15-10-11-18(26-34(32,33)14-16-7-3-2-4-8-16)22(31)27(15)13-19(28)25-17(9-5-6-12-23)20(29)21(24)30;/h2-4,7-8,10-11,17,26H,5-6,9,12-14,23H2,1H3,(H2,24,30)(H,25,28);1H. The number of nitrogens with zero attached hydrogens (tertiary/aromatic N) is 1. The summed E-state index contributed by atoms with van der Waals surface area (Å²) in [5, 5.41) is 2.43. The number of ketones is 1. The SMILES string of the molecule is Cc1ccc(NS(=O)(=O)Cc2ccccc2)c(=O)n1CC(=O)NC(CCCCN)C(=O)C(N)=O.Cl. The number of sulfonamides is 1. The molecule has 0 aliphatic heterocycles. The molecule has 2 amide bonds. The van der Waals surface area contributed by atoms with E-state index in [9.17, 15) is 27.6 Å². The van der Waals surface area contributed by atoms with Gasteiger partial charge < -0.3 is 21.4 Å². The largest absolute Gasteiger partial charge is 0.363 e. The first-order valence-electron chi connectivity index (χ1n) is 10.6. The van der Waals surface area contributed by atoms with Crippen molar-refractivity contribution in [2.24, 2.45) is 11.5 Å². The van der Waals surface area contributed by atoms with E-state index >= 15 is 0 Å². The Hall–Kier alpha value is -3.22. The topological polar surface area (TPSA) is 183 Å². The molecule has 1 aromatic heterocycles. The van der Waals surface area contributed by atoms with Crippen molar-refractivity contribution >= 4 is 45.7 Å². The van der Waals surface area contributed by atoms with Crippen LogP contribution in [0.15, 0.2) is 47.3 Å². The van der Waals surface area contributed by atoms with E-state index in [0.717, 1.165) is 4.57 Å². The molecule has 0 spiro atoms. The monoisotopic (exact) mass is 527 g/mol. The third-order valence-electron chi connectivity index (χ3n) is 5.00. The van der Waals surface area contributed by atoms with E-state index in [1.807, 2.05) is 0 Å². The van der Waals surface area contributed by atoms with Crippen LogP contribution in [0.2, 0.25) is 0 Å². The zero-order valence-electron chi connectivity index (χ0n) is 19.2. The van der Waals surface area contributed by atoms with E-state index in [0.29, 0.717) is 30.6 Å². The van der Waals surface area contributed by atoms with E-state index in [-0.39, 0.29) is 30.3 Å². The van der Waals surface area contributed by atoms with Crippen LogP contribution < -0.4 is 27.1 Å². The third kappa shape index (κ3) is 9.15. The minimum absolute atomic E-state index is 0. The molecule has 0 saturated heterocycles. The number of unbranched alkanes of at least 4 members (excludes halogenated alkanes) is 1. The summed E-state index contributed by atoms with van der Waals surface area (Å²) in [6, 6.07) is 10.1. The van der Waals surface area contributed by atoms with Crippen molar-refractivity contribution < 1.29 is 22.8 Å². The molecule has 0 saturated carbocycles. The number of nitrogens with two attached hydrogens (primary N) is 2. The molecular formula is C22H30ClN5O6S. The number of anilines is 1. The van der Waals surface area contributed by atoms with Gasteiger partial charge in [-0.1, -0.05) is 30.3 Å². The van der Waals surface area contributed by atoms with Crippen molar-refractivity contribution in [3.8, 4) is 0 Å². The Morgan fingerprint density at radius 2 is 1.71 bits per heavy atom. The fourth-order valence-electron chi connectivity index (χ4n) is 3.26. The highest BCUT2D eigenvalue weighted by Gasteiger charge is 2.25. The molecule has 1 aromatic carbocycles. The molecule has 0 radical (unpaired) electrons. The lowest BCUT2D eigenvalue weighted by atomic mass is 10.0. The van der Waals surface area contributed by atoms with Crippen LogP contribution in [0.1, 0.15) is 30.5 Å². The van der Waals surface area contributed by atoms with Crippen molar-refractivity contribution in [1.29, 1.82) is 0 Å². The Kier molecular flexibility index (Phi) is 11.6. The zero-order chi connectivity index (χ0) is 25.3. The molecule has 0 aliphatic carbocycles. The number of nitrogens with one attached hydrogen (secondary N) is 2. The number of rotatable bonds is 13. The summed E-state index contributed by atoms with van der Waals surface area (Å²) in [5.74, 6) is -3.17. The van der Waals surface area contributed by atoms with Crippen LogP contribution in [0.4, 0.5) is 5.69 Å². The number of aromatic nitrogens is 1. The average Bonchev–Trinajstić information content (AvgIpc) is 2.77. The minimum atomic E-state index is -3.89. The number of primary amides is 1. The van der Waals surface area contributed by atoms with Crippen molar-refractivity contribution in [2.45, 2.75) is 44.5 Å². The van der Waals surface area contributed by atoms with E-state index in [2.05, 4.69) is 10.0 Å². The van der Waals surface area contributed by atoms with Gasteiger partial charge in [-0.05, 0) is 50.4 Å². The van der Waals surface area contributed by atoms with Gasteiger partial charge >= 0.3 is 0 Å². The summed E-state index contributed by atoms with van der Waals surface area (Å²) >= 11 is 0. The zero-order valence-corrected chi connectivity index (χ0v) is 20.9. The highest BCUT2D eigenvalue weighted by atomic mass is 35.5. The maximum absolute atomic E-state index is 12.9. The Balaban J connectivity index is 0.00000612. The van der Waals surface area contributed by atoms with E-state index in [1.54, 1.807) is 37.3 Å². The molecule has 0 aliphatic rings. The van der Waals surface area contributed by atoms with Crippen molar-refractivity contribution in [3.05, 3.63) is 64.1 Å². The molecule has 35 heavy (non-hydrogen) atoms. The predicted octanol–water partition coefficient (Wildman–Crippen LogP) is 0.189. The molecule has 192 valence electrons. The van der Waals surface area contributed by atoms with Crippen LogP contribution in [0, 0.1) is 6.92 Å². The van der Waals surface area contributed by atoms with Crippen molar-refractivity contribution in [3.63, 3.8) is 0 Å². The lowest BCUT2D eigenvalue weighted by Crippen LogP contribution is -2.47. The first-order chi connectivity index (χ1) is 16.0. The first kappa shape index (κ1) is 29.8. The molecule has 0 fully saturated rings. The normalized spacial score (nSPS) is 11.7. The molecule has 1 heterocycles. The van der Waals surface area contributed by atoms with Gasteiger partial charge in [0, 0.05) is 5.69 Å². The quantitative estimate of drug-likeness (QED) is 0.211. The molecule has 2 rings (SSSR count). The summed E-state index contributed by atoms with van der Waals surface area (Å²) in [6.07, 6.45) is 1.23. The number of Topliss-reactive ketones (excluding diaryl/α,β-unsaturated/α-hetero) is 1. The van der Waals surface area contributed by atoms with Gasteiger partial charge in [0.2, 0.25) is 21.7 Å². The molecule has 1 unspecified atom stereocenters. The van der Waals surface area contributed by atoms with Crippen LogP contribution in [-0.2, 0) is 36.7 Å². The number of carbonyl (C=O) groups excluding carboxylic acids is 3. The van der Waals surface area contributed by atoms with E-state index < -0.39 is 45.8 Å². The summed E-state index contributed by atoms with van der Waals surface area (Å²) in [4.78, 5) is 48.8. The van der Waals surface area contributed by atoms with Gasteiger partial charge in [-0.3, -0.25) is 23.9 Å². The van der Waals surface area contributed by atoms with E-state index in [1.165, 1.54) is 12.1 Å². The van der Waals surface area contributed by atoms with Crippen LogP contribution in [0.5, 0.6) is 0 Å². The number of hydrogen-bond donors (Lipinski definition) is 4. The number of amides is 2. The second-order valence-corrected chi connectivity index (χ2v) is 9.48. The number of pyridine rings is 1. The lowest BCUT2D eigenvalue weighted by molar-refractivity contribution is -0.138. The van der Waals surface area contributed by atoms with Crippen molar-refractivity contribution in [2.75, 3.05) is 11.3 Å². The van der Waals surface area contributed by atoms with Crippen molar-refractivity contribution in [1.82, 2.24) is 9.88 Å². The summed E-state index contributed by atoms with van der Waals surface area (Å²) in [7, 11) is -3.89. The Morgan fingerprint density at radius 3 is 2.31 bits per heavy atom. The number of carbonyl (C=O) groups is 3. The molecule has 13 heteroatoms. The Labute approximate surface area is 209 Å². The second-order valence-electron chi connectivity index (χ2n) is 7.76. The smallest absolute Gasteiger partial charge is 0.287 e. The van der Waals surface area contributed by atoms with Gasteiger partial charge in [-0.15, -0.1) is 12.4 Å². The predicted molar refractivity (Wildman–Crippen MR) is 134 cm³/mol. The van der Waals surface area contributed by atoms with Crippen LogP contribution in [0.3, 0.4) is 0 Å². The van der Waals surface area contributed by atoms with Crippen LogP contribution in [0.25, 0.3) is 0 Å². The van der Waals surface area contributed by atoms with Gasteiger partial charge in [-0.25, -0.2) is 8.42 Å². The lowest BCUT2D eigenvalue weighted by Gasteiger charge is -2.18. The molecule has 2 aromatic rings. The Morgan fingerprint density at radius 1 is 1.06 bits per heavy atom. The van der Waals surface area contributed by atoms with Gasteiger partial charge in [0.05, 0.1) is 11.8 Å². The van der Waals surface area contributed by atoms with Crippen LogP contribution in [-0.4, -0.2) is 43.2 Å². The fourth-order valence-corrected chi connectivity index (χ4v) is 4.45. The van der Waals surface area contributed by atoms with Crippen LogP contribution >= 0.6 is 12.4 Å². The number of halogens is 1. The molecule has 11 nitrogen and oxygen atoms in total. The third-order valence-corrected chi connectivity index (χ3v) is 6.24. The molecule has 6 N–H and O–H groups in total. The molecular weight excluding hydrogens is 498 g/mol. The molecule has 1 atom stereocenters. The van der Waals surface area contributed by atoms with Gasteiger partial charge in [0.25, 0.3) is 11.5 Å². The van der Waals surface area contributed by atoms with Gasteiger partial charge in [0.15, 0.2) is 0 Å². The highest BCUT2D eigenvalue weighted by molar-refractivity contribution is 7.91. The summed E-state index contributed by atoms with van der Waals surface area (Å²) in [5.41, 5.74) is 10.5.